The molecule has 150 valence electrons. The number of hydrogen-bond acceptors (Lipinski definition) is 4. The van der Waals surface area contributed by atoms with Gasteiger partial charge in [-0.2, -0.15) is 0 Å². The third-order valence-corrected chi connectivity index (χ3v) is 1.29. The van der Waals surface area contributed by atoms with Crippen molar-refractivity contribution in [2.45, 2.75) is 18.4 Å². The molecule has 0 amide bonds. The molecule has 0 rings (SSSR count). The third kappa shape index (κ3) is 33.5. The van der Waals surface area contributed by atoms with Crippen LogP contribution in [0, 0.1) is 0 Å². The number of hydrogen-bond donors (Lipinski definition) is 4. The van der Waals surface area contributed by atoms with Crippen molar-refractivity contribution in [1.82, 2.24) is 0 Å². The summed E-state index contributed by atoms with van der Waals surface area (Å²) in [6.45, 7) is 0. The lowest BCUT2D eigenvalue weighted by atomic mass is 9.96. The fourth-order valence-corrected chi connectivity index (χ4v) is 0.714. The fraction of sp³-hybridized carbons (Fsp3) is 0.500. The molecule has 0 aliphatic rings. The van der Waals surface area contributed by atoms with Crippen LogP contribution in [0.1, 0.15) is 12.8 Å². The van der Waals surface area contributed by atoms with Gasteiger partial charge in [-0.05, 0) is 0 Å². The van der Waals surface area contributed by atoms with Crippen molar-refractivity contribution in [3.8, 4) is 0 Å². The van der Waals surface area contributed by atoms with Crippen LogP contribution in [0.3, 0.4) is 0 Å². The maximum absolute atomic E-state index is 10.3. The third-order valence-electron chi connectivity index (χ3n) is 1.29. The van der Waals surface area contributed by atoms with Crippen molar-refractivity contribution in [2.24, 2.45) is 0 Å². The standard InChI is InChI=1S/C6H8O7.Mg.9H2O.2H/c7-3(8)1-6(13,5(11)12)2-4(9)10;;;;;;;;;;;;/h13H,1-2H2,(H,7,8)(H,9,10)(H,11,12);;9*1H2;;. The number of aliphatic carboxylic acids is 3. The lowest BCUT2D eigenvalue weighted by Crippen LogP contribution is -2.42. The van der Waals surface area contributed by atoms with Gasteiger partial charge in [0.2, 0.25) is 0 Å². The van der Waals surface area contributed by atoms with Crippen LogP contribution in [0.2, 0.25) is 0 Å². The largest absolute Gasteiger partial charge is 0.481 e. The second-order valence-corrected chi connectivity index (χ2v) is 2.48. The molecule has 0 saturated heterocycles. The molecule has 0 radical (unpaired) electrons. The van der Waals surface area contributed by atoms with Gasteiger partial charge >= 0.3 is 41.0 Å². The summed E-state index contributed by atoms with van der Waals surface area (Å²) in [7, 11) is 0. The summed E-state index contributed by atoms with van der Waals surface area (Å²) in [5.41, 5.74) is -2.74. The smallest absolute Gasteiger partial charge is 0.336 e. The van der Waals surface area contributed by atoms with Gasteiger partial charge < -0.3 is 69.7 Å². The number of carbonyl (C=O) groups is 3. The van der Waals surface area contributed by atoms with Crippen molar-refractivity contribution in [1.29, 1.82) is 0 Å². The first-order valence-corrected chi connectivity index (χ1v) is 3.17. The Morgan fingerprint density at radius 3 is 0.870 bits per heavy atom. The average molecular weight is 381 g/mol. The second kappa shape index (κ2) is 32.6. The molecule has 22 N–H and O–H groups in total. The zero-order valence-electron chi connectivity index (χ0n) is 10.9. The Morgan fingerprint density at radius 2 is 0.783 bits per heavy atom. The highest BCUT2D eigenvalue weighted by atomic mass is 24.3. The second-order valence-electron chi connectivity index (χ2n) is 2.48. The van der Waals surface area contributed by atoms with Gasteiger partial charge in [-0.15, -0.1) is 0 Å². The first kappa shape index (κ1) is 80.9. The molecule has 16 nitrogen and oxygen atoms in total. The van der Waals surface area contributed by atoms with Crippen LogP contribution in [0.4, 0.5) is 0 Å². The highest BCUT2D eigenvalue weighted by molar-refractivity contribution is 5.88. The zero-order valence-corrected chi connectivity index (χ0v) is 10.9. The molecule has 0 aromatic carbocycles. The Balaban J connectivity index is -0.0000000160. The molecule has 17 heteroatoms. The normalized spacial score (nSPS) is 6.13. The van der Waals surface area contributed by atoms with E-state index < -0.39 is 36.4 Å². The van der Waals surface area contributed by atoms with E-state index >= 15 is 0 Å². The van der Waals surface area contributed by atoms with Gasteiger partial charge in [-0.3, -0.25) is 9.59 Å². The molecular formula is C6H28MgO16. The highest BCUT2D eigenvalue weighted by Gasteiger charge is 2.40. The molecule has 0 bridgehead atoms. The molecule has 0 saturated carbocycles. The molecule has 0 aliphatic carbocycles. The molecule has 0 aliphatic heterocycles. The van der Waals surface area contributed by atoms with E-state index in [1.165, 1.54) is 0 Å². The van der Waals surface area contributed by atoms with Gasteiger partial charge in [0.05, 0.1) is 12.8 Å². The van der Waals surface area contributed by atoms with Crippen LogP contribution in [0.5, 0.6) is 0 Å². The van der Waals surface area contributed by atoms with E-state index in [2.05, 4.69) is 0 Å². The summed E-state index contributed by atoms with van der Waals surface area (Å²) >= 11 is 0. The van der Waals surface area contributed by atoms with Gasteiger partial charge in [-0.1, -0.05) is 0 Å². The fourth-order valence-electron chi connectivity index (χ4n) is 0.714. The molecule has 0 aromatic heterocycles. The minimum Gasteiger partial charge on any atom is -0.481 e. The zero-order chi connectivity index (χ0) is 10.6. The van der Waals surface area contributed by atoms with Crippen LogP contribution < -0.4 is 0 Å². The van der Waals surface area contributed by atoms with Crippen molar-refractivity contribution in [2.75, 3.05) is 0 Å². The Kier molecular flexibility index (Phi) is 115. The average Bonchev–Trinajstić information content (AvgIpc) is 1.82. The quantitative estimate of drug-likeness (QED) is 0.333. The number of rotatable bonds is 5. The Morgan fingerprint density at radius 1 is 0.609 bits per heavy atom. The minimum absolute atomic E-state index is 0. The summed E-state index contributed by atoms with van der Waals surface area (Å²) in [5, 5.41) is 33.8. The van der Waals surface area contributed by atoms with Gasteiger partial charge in [0, 0.05) is 0 Å². The summed E-state index contributed by atoms with van der Waals surface area (Å²) in [5.74, 6) is -5.02. The summed E-state index contributed by atoms with van der Waals surface area (Å²) < 4.78 is 0. The van der Waals surface area contributed by atoms with Gasteiger partial charge in [0.1, 0.15) is 0 Å². The van der Waals surface area contributed by atoms with E-state index in [0.29, 0.717) is 0 Å². The van der Waals surface area contributed by atoms with Crippen LogP contribution in [0.15, 0.2) is 0 Å². The lowest BCUT2D eigenvalue weighted by Gasteiger charge is -2.18. The summed E-state index contributed by atoms with van der Waals surface area (Å²) in [6, 6.07) is 0. The first-order valence-electron chi connectivity index (χ1n) is 3.17. The van der Waals surface area contributed by atoms with Gasteiger partial charge in [-0.25, -0.2) is 4.79 Å². The van der Waals surface area contributed by atoms with Crippen LogP contribution in [-0.4, -0.2) is 116 Å². The van der Waals surface area contributed by atoms with E-state index in [-0.39, 0.29) is 72.3 Å². The molecule has 0 spiro atoms. The molecule has 0 unspecified atom stereocenters. The summed E-state index contributed by atoms with van der Waals surface area (Å²) in [4.78, 5) is 30.5. The van der Waals surface area contributed by atoms with E-state index in [1.54, 1.807) is 0 Å². The molecule has 0 atom stereocenters. The lowest BCUT2D eigenvalue weighted by molar-refractivity contribution is -0.170. The number of carboxylic acids is 3. The van der Waals surface area contributed by atoms with Crippen molar-refractivity contribution in [3.63, 3.8) is 0 Å². The monoisotopic (exact) mass is 380 g/mol. The molecular weight excluding hydrogens is 352 g/mol. The SMILES string of the molecule is O.O.O.O.O.O.O.O.O.O=C(O)CC(O)(CC(=O)O)C(=O)O.[MgH2]. The van der Waals surface area contributed by atoms with Crippen molar-refractivity contribution < 1.29 is 84.1 Å². The minimum atomic E-state index is -2.74. The molecule has 23 heavy (non-hydrogen) atoms. The maximum atomic E-state index is 10.3. The van der Waals surface area contributed by atoms with Crippen LogP contribution in [-0.2, 0) is 14.4 Å². The predicted octanol–water partition coefficient (Wildman–Crippen LogP) is -9.59. The predicted molar refractivity (Wildman–Crippen MR) is 78.2 cm³/mol. The number of aliphatic hydroxyl groups is 1. The highest BCUT2D eigenvalue weighted by Crippen LogP contribution is 2.15. The van der Waals surface area contributed by atoms with E-state index in [9.17, 15) is 14.4 Å². The van der Waals surface area contributed by atoms with Crippen molar-refractivity contribution >= 4 is 41.0 Å². The molecule has 0 fully saturated rings. The van der Waals surface area contributed by atoms with E-state index in [1.807, 2.05) is 0 Å². The van der Waals surface area contributed by atoms with Crippen LogP contribution in [0.25, 0.3) is 0 Å². The first-order chi connectivity index (χ1) is 5.78. The van der Waals surface area contributed by atoms with Crippen LogP contribution >= 0.6 is 0 Å². The topological polar surface area (TPSA) is 416 Å². The Hall–Kier alpha value is -1.22. The van der Waals surface area contributed by atoms with E-state index in [0.717, 1.165) is 0 Å². The Labute approximate surface area is 144 Å². The Bertz CT molecular complexity index is 239. The van der Waals surface area contributed by atoms with Crippen molar-refractivity contribution in [3.05, 3.63) is 0 Å². The van der Waals surface area contributed by atoms with Gasteiger partial charge in [0.15, 0.2) is 5.60 Å². The molecule has 0 heterocycles. The number of carboxylic acid groups (broad SMARTS) is 3. The maximum Gasteiger partial charge on any atom is 0.336 e. The van der Waals surface area contributed by atoms with E-state index in [4.69, 9.17) is 20.4 Å². The summed E-state index contributed by atoms with van der Waals surface area (Å²) in [6.07, 6.45) is -2.29. The molecule has 0 aromatic rings. The van der Waals surface area contributed by atoms with Gasteiger partial charge in [0.25, 0.3) is 0 Å².